The molecule has 0 aliphatic carbocycles. The molecular weight excluding hydrogens is 296 g/mol. The number of nitrogens with zero attached hydrogens (tertiary/aromatic N) is 2. The maximum atomic E-state index is 5.31. The van der Waals surface area contributed by atoms with Gasteiger partial charge < -0.3 is 14.4 Å². The zero-order valence-electron chi connectivity index (χ0n) is 12.9. The largest absolute Gasteiger partial charge is 0.497 e. The molecule has 2 aromatic rings. The van der Waals surface area contributed by atoms with Crippen molar-refractivity contribution < 1.29 is 9.47 Å². The molecule has 116 valence electrons. The lowest BCUT2D eigenvalue weighted by Gasteiger charge is -2.23. The molecule has 0 unspecified atom stereocenters. The van der Waals surface area contributed by atoms with Gasteiger partial charge in [-0.1, -0.05) is 18.2 Å². The predicted octanol–water partition coefficient (Wildman–Crippen LogP) is 2.85. The van der Waals surface area contributed by atoms with Crippen LogP contribution < -0.4 is 4.74 Å². The maximum Gasteiger partial charge on any atom is 0.260 e. The topological polar surface area (TPSA) is 24.9 Å². The highest BCUT2D eigenvalue weighted by Crippen LogP contribution is 2.22. The van der Waals surface area contributed by atoms with Gasteiger partial charge in [0.15, 0.2) is 0 Å². The molecule has 1 fully saturated rings. The van der Waals surface area contributed by atoms with E-state index in [4.69, 9.17) is 21.7 Å². The van der Waals surface area contributed by atoms with Gasteiger partial charge in [-0.25, -0.2) is 0 Å². The lowest BCUT2D eigenvalue weighted by molar-refractivity contribution is 0.228. The van der Waals surface area contributed by atoms with E-state index in [1.807, 2.05) is 6.07 Å². The van der Waals surface area contributed by atoms with E-state index in [2.05, 4.69) is 47.2 Å². The third kappa shape index (κ3) is 3.31. The van der Waals surface area contributed by atoms with Crippen molar-refractivity contribution in [3.05, 3.63) is 42.0 Å². The molecule has 1 aliphatic rings. The zero-order valence-corrected chi connectivity index (χ0v) is 13.7. The minimum Gasteiger partial charge on any atom is -0.497 e. The fourth-order valence-corrected chi connectivity index (χ4v) is 2.94. The summed E-state index contributed by atoms with van der Waals surface area (Å²) in [6, 6.07) is 12.7. The van der Waals surface area contributed by atoms with Gasteiger partial charge in [-0.15, -0.1) is 0 Å². The van der Waals surface area contributed by atoms with E-state index in [9.17, 15) is 0 Å². The van der Waals surface area contributed by atoms with Crippen LogP contribution >= 0.6 is 12.2 Å². The summed E-state index contributed by atoms with van der Waals surface area (Å²) in [5, 5.41) is 3.03. The number of fused-ring (bicyclic) bond motifs is 1. The first-order chi connectivity index (χ1) is 10.7. The standard InChI is InChI=1S/C17H20N2O2S/c1-18(12-19-7-8-21-17(19)22)11-13-3-4-15-10-16(20-2)6-5-14(15)9-13/h3-6,9-10H,7-8,11-12H2,1-2H3. The summed E-state index contributed by atoms with van der Waals surface area (Å²) in [4.78, 5) is 4.33. The maximum absolute atomic E-state index is 5.31. The lowest BCUT2D eigenvalue weighted by Crippen LogP contribution is -2.35. The first-order valence-electron chi connectivity index (χ1n) is 7.32. The van der Waals surface area contributed by atoms with Gasteiger partial charge in [0.05, 0.1) is 20.3 Å². The lowest BCUT2D eigenvalue weighted by atomic mass is 10.1. The quantitative estimate of drug-likeness (QED) is 0.790. The third-order valence-corrected chi connectivity index (χ3v) is 4.20. The Morgan fingerprint density at radius 2 is 2.00 bits per heavy atom. The molecule has 0 radical (unpaired) electrons. The van der Waals surface area contributed by atoms with Gasteiger partial charge in [0.2, 0.25) is 0 Å². The molecule has 0 spiro atoms. The average molecular weight is 316 g/mol. The van der Waals surface area contributed by atoms with Crippen LogP contribution in [-0.2, 0) is 11.3 Å². The monoisotopic (exact) mass is 316 g/mol. The third-order valence-electron chi connectivity index (χ3n) is 3.82. The second-order valence-electron chi connectivity index (χ2n) is 5.58. The Morgan fingerprint density at radius 1 is 1.23 bits per heavy atom. The van der Waals surface area contributed by atoms with Crippen molar-refractivity contribution >= 4 is 28.2 Å². The number of hydrogen-bond acceptors (Lipinski definition) is 4. The summed E-state index contributed by atoms with van der Waals surface area (Å²) < 4.78 is 10.6. The summed E-state index contributed by atoms with van der Waals surface area (Å²) in [5.74, 6) is 0.889. The minimum atomic E-state index is 0.609. The Labute approximate surface area is 136 Å². The summed E-state index contributed by atoms with van der Waals surface area (Å²) in [6.07, 6.45) is 0. The second kappa shape index (κ2) is 6.50. The number of rotatable bonds is 5. The first-order valence-corrected chi connectivity index (χ1v) is 7.73. The van der Waals surface area contributed by atoms with Crippen molar-refractivity contribution in [2.75, 3.05) is 34.0 Å². The van der Waals surface area contributed by atoms with Gasteiger partial charge in [-0.3, -0.25) is 4.90 Å². The van der Waals surface area contributed by atoms with Crippen LogP contribution in [0.25, 0.3) is 10.8 Å². The molecule has 1 saturated heterocycles. The van der Waals surface area contributed by atoms with E-state index in [-0.39, 0.29) is 0 Å². The van der Waals surface area contributed by atoms with Crippen molar-refractivity contribution in [2.24, 2.45) is 0 Å². The minimum absolute atomic E-state index is 0.609. The molecule has 2 aromatic carbocycles. The Hall–Kier alpha value is -1.85. The van der Waals surface area contributed by atoms with Crippen LogP contribution in [0.4, 0.5) is 0 Å². The molecule has 0 N–H and O–H groups in total. The molecule has 0 aromatic heterocycles. The highest BCUT2D eigenvalue weighted by molar-refractivity contribution is 7.80. The van der Waals surface area contributed by atoms with Crippen LogP contribution in [0.2, 0.25) is 0 Å². The van der Waals surface area contributed by atoms with Crippen molar-refractivity contribution in [3.63, 3.8) is 0 Å². The van der Waals surface area contributed by atoms with Crippen LogP contribution in [-0.4, -0.2) is 49.0 Å². The van der Waals surface area contributed by atoms with E-state index in [0.29, 0.717) is 11.8 Å². The Kier molecular flexibility index (Phi) is 4.45. The summed E-state index contributed by atoms with van der Waals surface area (Å²) in [6.45, 7) is 3.24. The molecule has 1 heterocycles. The molecule has 0 amide bonds. The predicted molar refractivity (Wildman–Crippen MR) is 92.1 cm³/mol. The van der Waals surface area contributed by atoms with Crippen LogP contribution in [0.3, 0.4) is 0 Å². The number of thiocarbonyl (C=S) groups is 1. The van der Waals surface area contributed by atoms with E-state index in [1.54, 1.807) is 7.11 Å². The molecule has 1 aliphatic heterocycles. The zero-order chi connectivity index (χ0) is 15.5. The van der Waals surface area contributed by atoms with E-state index >= 15 is 0 Å². The first kappa shape index (κ1) is 15.1. The summed E-state index contributed by atoms with van der Waals surface area (Å²) in [7, 11) is 3.79. The highest BCUT2D eigenvalue weighted by Gasteiger charge is 2.19. The Bertz CT molecular complexity index is 689. The van der Waals surface area contributed by atoms with Crippen molar-refractivity contribution in [1.29, 1.82) is 0 Å². The van der Waals surface area contributed by atoms with Gasteiger partial charge in [-0.05, 0) is 53.8 Å². The fourth-order valence-electron chi connectivity index (χ4n) is 2.71. The van der Waals surface area contributed by atoms with Crippen LogP contribution in [0.15, 0.2) is 36.4 Å². The van der Waals surface area contributed by atoms with Gasteiger partial charge in [-0.2, -0.15) is 0 Å². The number of ether oxygens (including phenoxy) is 2. The Morgan fingerprint density at radius 3 is 2.73 bits per heavy atom. The van der Waals surface area contributed by atoms with Gasteiger partial charge in [0.1, 0.15) is 12.4 Å². The van der Waals surface area contributed by atoms with Crippen molar-refractivity contribution in [3.8, 4) is 5.75 Å². The van der Waals surface area contributed by atoms with Crippen molar-refractivity contribution in [1.82, 2.24) is 9.80 Å². The van der Waals surface area contributed by atoms with E-state index < -0.39 is 0 Å². The molecule has 5 heteroatoms. The Balaban J connectivity index is 1.69. The fraction of sp³-hybridized carbons (Fsp3) is 0.353. The molecule has 4 nitrogen and oxygen atoms in total. The number of methoxy groups -OCH3 is 1. The summed E-state index contributed by atoms with van der Waals surface area (Å²) >= 11 is 5.18. The second-order valence-corrected chi connectivity index (χ2v) is 5.93. The van der Waals surface area contributed by atoms with Crippen LogP contribution in [0.1, 0.15) is 5.56 Å². The molecule has 3 rings (SSSR count). The van der Waals surface area contributed by atoms with E-state index in [1.165, 1.54) is 16.3 Å². The molecular formula is C17H20N2O2S. The van der Waals surface area contributed by atoms with Crippen LogP contribution in [0.5, 0.6) is 5.75 Å². The van der Waals surface area contributed by atoms with Crippen molar-refractivity contribution in [2.45, 2.75) is 6.54 Å². The van der Waals surface area contributed by atoms with Gasteiger partial charge in [0.25, 0.3) is 5.17 Å². The van der Waals surface area contributed by atoms with Gasteiger partial charge >= 0.3 is 0 Å². The van der Waals surface area contributed by atoms with Gasteiger partial charge in [0, 0.05) is 6.54 Å². The smallest absolute Gasteiger partial charge is 0.260 e. The number of hydrogen-bond donors (Lipinski definition) is 0. The molecule has 0 atom stereocenters. The average Bonchev–Trinajstić information content (AvgIpc) is 2.91. The normalized spacial score (nSPS) is 14.7. The highest BCUT2D eigenvalue weighted by atomic mass is 32.1. The van der Waals surface area contributed by atoms with E-state index in [0.717, 1.165) is 25.5 Å². The summed E-state index contributed by atoms with van der Waals surface area (Å²) in [5.41, 5.74) is 1.28. The molecule has 0 saturated carbocycles. The van der Waals surface area contributed by atoms with Crippen LogP contribution in [0, 0.1) is 0 Å². The number of benzene rings is 2. The molecule has 0 bridgehead atoms. The molecule has 22 heavy (non-hydrogen) atoms. The SMILES string of the molecule is COc1ccc2cc(CN(C)CN3CCOC3=S)ccc2c1.